The van der Waals surface area contributed by atoms with Gasteiger partial charge in [0.15, 0.2) is 6.29 Å². The minimum absolute atomic E-state index is 0.0546. The van der Waals surface area contributed by atoms with Crippen LogP contribution in [0.4, 0.5) is 0 Å². The lowest BCUT2D eigenvalue weighted by Gasteiger charge is -2.25. The second-order valence-corrected chi connectivity index (χ2v) is 3.43. The van der Waals surface area contributed by atoms with E-state index in [9.17, 15) is 0 Å². The zero-order valence-electron chi connectivity index (χ0n) is 7.95. The first-order valence-corrected chi connectivity index (χ1v) is 4.59. The van der Waals surface area contributed by atoms with Crippen LogP contribution in [0.1, 0.15) is 19.3 Å². The van der Waals surface area contributed by atoms with Gasteiger partial charge in [-0.1, -0.05) is 6.42 Å². The van der Waals surface area contributed by atoms with Crippen LogP contribution in [0.3, 0.4) is 0 Å². The summed E-state index contributed by atoms with van der Waals surface area (Å²) in [6.45, 7) is 0.758. The van der Waals surface area contributed by atoms with Crippen LogP contribution in [-0.2, 0) is 9.47 Å². The summed E-state index contributed by atoms with van der Waals surface area (Å²) in [4.78, 5) is 0. The van der Waals surface area contributed by atoms with E-state index in [1.54, 1.807) is 14.2 Å². The van der Waals surface area contributed by atoms with Gasteiger partial charge in [0.2, 0.25) is 0 Å². The molecule has 1 rings (SSSR count). The molecule has 0 bridgehead atoms. The highest BCUT2D eigenvalue weighted by molar-refractivity contribution is 4.80. The molecular formula is C9H19NO2. The van der Waals surface area contributed by atoms with Gasteiger partial charge < -0.3 is 15.2 Å². The Balaban J connectivity index is 2.47. The first-order valence-electron chi connectivity index (χ1n) is 4.59. The van der Waals surface area contributed by atoms with Crippen LogP contribution >= 0.6 is 0 Å². The molecule has 1 aliphatic rings. The summed E-state index contributed by atoms with van der Waals surface area (Å²) in [5.74, 6) is 1.10. The molecule has 3 heteroatoms. The number of ether oxygens (including phenoxy) is 2. The van der Waals surface area contributed by atoms with Gasteiger partial charge >= 0.3 is 0 Å². The summed E-state index contributed by atoms with van der Waals surface area (Å²) in [5.41, 5.74) is 5.66. The summed E-state index contributed by atoms with van der Waals surface area (Å²) in [7, 11) is 3.39. The molecule has 3 nitrogen and oxygen atoms in total. The Morgan fingerprint density at radius 3 is 2.50 bits per heavy atom. The fraction of sp³-hybridized carbons (Fsp3) is 1.00. The molecule has 1 saturated carbocycles. The monoisotopic (exact) mass is 173 g/mol. The van der Waals surface area contributed by atoms with Crippen molar-refractivity contribution in [3.63, 3.8) is 0 Å². The van der Waals surface area contributed by atoms with Gasteiger partial charge in [-0.25, -0.2) is 0 Å². The number of hydrogen-bond donors (Lipinski definition) is 1. The first-order chi connectivity index (χ1) is 5.83. The van der Waals surface area contributed by atoms with Gasteiger partial charge in [-0.2, -0.15) is 0 Å². The Kier molecular flexibility index (Phi) is 3.98. The van der Waals surface area contributed by atoms with E-state index in [-0.39, 0.29) is 6.29 Å². The van der Waals surface area contributed by atoms with E-state index < -0.39 is 0 Å². The number of methoxy groups -OCH3 is 2. The molecule has 2 atom stereocenters. The lowest BCUT2D eigenvalue weighted by atomic mass is 9.95. The Bertz CT molecular complexity index is 126. The molecular weight excluding hydrogens is 154 g/mol. The number of rotatable bonds is 4. The van der Waals surface area contributed by atoms with Crippen LogP contribution in [-0.4, -0.2) is 27.1 Å². The third-order valence-electron chi connectivity index (χ3n) is 2.83. The zero-order chi connectivity index (χ0) is 8.97. The van der Waals surface area contributed by atoms with Crippen LogP contribution in [0.25, 0.3) is 0 Å². The zero-order valence-corrected chi connectivity index (χ0v) is 7.95. The highest BCUT2D eigenvalue weighted by Crippen LogP contribution is 2.34. The summed E-state index contributed by atoms with van der Waals surface area (Å²) in [5, 5.41) is 0. The lowest BCUT2D eigenvalue weighted by Crippen LogP contribution is -2.31. The third kappa shape index (κ3) is 1.97. The van der Waals surface area contributed by atoms with E-state index >= 15 is 0 Å². The minimum Gasteiger partial charge on any atom is -0.356 e. The van der Waals surface area contributed by atoms with E-state index in [0.717, 1.165) is 6.54 Å². The minimum atomic E-state index is -0.0546. The van der Waals surface area contributed by atoms with Crippen molar-refractivity contribution in [1.29, 1.82) is 0 Å². The van der Waals surface area contributed by atoms with Gasteiger partial charge in [0, 0.05) is 20.1 Å². The maximum atomic E-state index is 5.66. The topological polar surface area (TPSA) is 44.5 Å². The fourth-order valence-corrected chi connectivity index (χ4v) is 2.16. The molecule has 1 fully saturated rings. The fourth-order valence-electron chi connectivity index (χ4n) is 2.16. The van der Waals surface area contributed by atoms with Gasteiger partial charge in [0.05, 0.1) is 0 Å². The molecule has 0 radical (unpaired) electrons. The molecule has 0 aromatic rings. The van der Waals surface area contributed by atoms with Gasteiger partial charge in [0.25, 0.3) is 0 Å². The summed E-state index contributed by atoms with van der Waals surface area (Å²) in [6, 6.07) is 0. The van der Waals surface area contributed by atoms with Gasteiger partial charge in [-0.3, -0.25) is 0 Å². The molecule has 72 valence electrons. The maximum Gasteiger partial charge on any atom is 0.159 e. The second kappa shape index (κ2) is 4.80. The quantitative estimate of drug-likeness (QED) is 0.644. The Morgan fingerprint density at radius 2 is 2.00 bits per heavy atom. The molecule has 0 heterocycles. The molecule has 2 unspecified atom stereocenters. The van der Waals surface area contributed by atoms with Gasteiger partial charge in [-0.05, 0) is 25.3 Å². The van der Waals surface area contributed by atoms with E-state index in [1.807, 2.05) is 0 Å². The highest BCUT2D eigenvalue weighted by atomic mass is 16.7. The molecule has 1 aliphatic carbocycles. The third-order valence-corrected chi connectivity index (χ3v) is 2.83. The van der Waals surface area contributed by atoms with Crippen molar-refractivity contribution in [2.45, 2.75) is 25.6 Å². The smallest absolute Gasteiger partial charge is 0.159 e. The van der Waals surface area contributed by atoms with Crippen LogP contribution in [0.2, 0.25) is 0 Å². The first kappa shape index (κ1) is 9.96. The normalized spacial score (nSPS) is 30.0. The molecule has 0 saturated heterocycles. The van der Waals surface area contributed by atoms with E-state index in [2.05, 4.69) is 0 Å². The van der Waals surface area contributed by atoms with E-state index in [4.69, 9.17) is 15.2 Å². The van der Waals surface area contributed by atoms with Gasteiger partial charge in [0.1, 0.15) is 0 Å². The summed E-state index contributed by atoms with van der Waals surface area (Å²) >= 11 is 0. The molecule has 12 heavy (non-hydrogen) atoms. The summed E-state index contributed by atoms with van der Waals surface area (Å²) in [6.07, 6.45) is 3.62. The Morgan fingerprint density at radius 1 is 1.33 bits per heavy atom. The number of nitrogens with two attached hydrogens (primary N) is 1. The Labute approximate surface area is 74.2 Å². The molecule has 2 N–H and O–H groups in total. The van der Waals surface area contributed by atoms with Crippen LogP contribution in [0.15, 0.2) is 0 Å². The van der Waals surface area contributed by atoms with Crippen molar-refractivity contribution in [3.05, 3.63) is 0 Å². The highest BCUT2D eigenvalue weighted by Gasteiger charge is 2.32. The van der Waals surface area contributed by atoms with Crippen LogP contribution in [0.5, 0.6) is 0 Å². The lowest BCUT2D eigenvalue weighted by molar-refractivity contribution is -0.144. The molecule has 0 aliphatic heterocycles. The largest absolute Gasteiger partial charge is 0.356 e. The predicted molar refractivity (Wildman–Crippen MR) is 47.7 cm³/mol. The molecule has 0 amide bonds. The van der Waals surface area contributed by atoms with Crippen LogP contribution < -0.4 is 5.73 Å². The molecule has 0 aromatic carbocycles. The van der Waals surface area contributed by atoms with E-state index in [0.29, 0.717) is 11.8 Å². The second-order valence-electron chi connectivity index (χ2n) is 3.43. The van der Waals surface area contributed by atoms with Crippen molar-refractivity contribution in [2.75, 3.05) is 20.8 Å². The SMILES string of the molecule is COC(OC)C1CCCC1CN. The van der Waals surface area contributed by atoms with Crippen molar-refractivity contribution in [2.24, 2.45) is 17.6 Å². The standard InChI is InChI=1S/C9H19NO2/c1-11-9(12-2)8-5-3-4-7(8)6-10/h7-9H,3-6,10H2,1-2H3. The predicted octanol–water partition coefficient (Wildman–Crippen LogP) is 0.980. The molecule has 0 aromatic heterocycles. The van der Waals surface area contributed by atoms with Crippen LogP contribution in [0, 0.1) is 11.8 Å². The summed E-state index contributed by atoms with van der Waals surface area (Å²) < 4.78 is 10.5. The average molecular weight is 173 g/mol. The van der Waals surface area contributed by atoms with Crippen molar-refractivity contribution >= 4 is 0 Å². The van der Waals surface area contributed by atoms with Gasteiger partial charge in [-0.15, -0.1) is 0 Å². The maximum absolute atomic E-state index is 5.66. The number of hydrogen-bond acceptors (Lipinski definition) is 3. The van der Waals surface area contributed by atoms with Crippen molar-refractivity contribution in [3.8, 4) is 0 Å². The molecule has 0 spiro atoms. The van der Waals surface area contributed by atoms with E-state index in [1.165, 1.54) is 19.3 Å². The average Bonchev–Trinajstić information content (AvgIpc) is 2.55. The van der Waals surface area contributed by atoms with Crippen molar-refractivity contribution < 1.29 is 9.47 Å². The Hall–Kier alpha value is -0.120. The van der Waals surface area contributed by atoms with Crippen molar-refractivity contribution in [1.82, 2.24) is 0 Å².